The first-order valence-corrected chi connectivity index (χ1v) is 6.14. The van der Waals surface area contributed by atoms with Gasteiger partial charge in [0.15, 0.2) is 5.82 Å². The SMILES string of the molecule is CCCc1nc(NC(C)C)c(N)c(OCC)n1. The topological polar surface area (TPSA) is 73.1 Å². The molecule has 0 aliphatic rings. The van der Waals surface area contributed by atoms with Gasteiger partial charge in [-0.3, -0.25) is 0 Å². The van der Waals surface area contributed by atoms with Gasteiger partial charge in [-0.25, -0.2) is 4.98 Å². The molecular weight excluding hydrogens is 216 g/mol. The molecule has 0 bridgehead atoms. The molecule has 0 radical (unpaired) electrons. The van der Waals surface area contributed by atoms with Gasteiger partial charge in [0.25, 0.3) is 0 Å². The quantitative estimate of drug-likeness (QED) is 0.795. The minimum absolute atomic E-state index is 0.274. The number of hydrogen-bond donors (Lipinski definition) is 2. The summed E-state index contributed by atoms with van der Waals surface area (Å²) in [4.78, 5) is 8.74. The molecular formula is C12H22N4O. The minimum Gasteiger partial charge on any atom is -0.476 e. The Hall–Kier alpha value is -1.52. The van der Waals surface area contributed by atoms with E-state index in [0.717, 1.165) is 18.7 Å². The highest BCUT2D eigenvalue weighted by molar-refractivity contribution is 5.67. The molecule has 17 heavy (non-hydrogen) atoms. The Balaban J connectivity index is 3.07. The maximum Gasteiger partial charge on any atom is 0.242 e. The lowest BCUT2D eigenvalue weighted by Gasteiger charge is -2.15. The van der Waals surface area contributed by atoms with Gasteiger partial charge in [-0.05, 0) is 27.2 Å². The maximum atomic E-state index is 5.97. The van der Waals surface area contributed by atoms with E-state index >= 15 is 0 Å². The summed E-state index contributed by atoms with van der Waals surface area (Å²) >= 11 is 0. The van der Waals surface area contributed by atoms with E-state index in [1.165, 1.54) is 0 Å². The Morgan fingerprint density at radius 1 is 1.29 bits per heavy atom. The number of nitrogen functional groups attached to an aromatic ring is 1. The van der Waals surface area contributed by atoms with Gasteiger partial charge in [0, 0.05) is 12.5 Å². The summed E-state index contributed by atoms with van der Waals surface area (Å²) in [5, 5.41) is 3.21. The highest BCUT2D eigenvalue weighted by Gasteiger charge is 2.13. The first kappa shape index (κ1) is 13.5. The fraction of sp³-hybridized carbons (Fsp3) is 0.667. The van der Waals surface area contributed by atoms with E-state index in [1.54, 1.807) is 0 Å². The van der Waals surface area contributed by atoms with Crippen LogP contribution in [0.2, 0.25) is 0 Å². The number of nitrogens with one attached hydrogen (secondary N) is 1. The average molecular weight is 238 g/mol. The number of aromatic nitrogens is 2. The molecule has 0 saturated heterocycles. The van der Waals surface area contributed by atoms with E-state index < -0.39 is 0 Å². The third-order valence-electron chi connectivity index (χ3n) is 2.14. The Morgan fingerprint density at radius 2 is 2.00 bits per heavy atom. The van der Waals surface area contributed by atoms with Crippen LogP contribution in [0.1, 0.15) is 39.9 Å². The van der Waals surface area contributed by atoms with Crippen LogP contribution >= 0.6 is 0 Å². The van der Waals surface area contributed by atoms with Crippen molar-refractivity contribution in [2.24, 2.45) is 0 Å². The fourth-order valence-electron chi connectivity index (χ4n) is 1.46. The van der Waals surface area contributed by atoms with Crippen LogP contribution in [0.4, 0.5) is 11.5 Å². The molecule has 0 aliphatic heterocycles. The first-order valence-electron chi connectivity index (χ1n) is 6.14. The van der Waals surface area contributed by atoms with Crippen LogP contribution in [0.3, 0.4) is 0 Å². The number of aryl methyl sites for hydroxylation is 1. The van der Waals surface area contributed by atoms with Crippen molar-refractivity contribution in [1.82, 2.24) is 9.97 Å². The molecule has 5 heteroatoms. The lowest BCUT2D eigenvalue weighted by molar-refractivity contribution is 0.327. The molecule has 0 unspecified atom stereocenters. The molecule has 0 saturated carbocycles. The summed E-state index contributed by atoms with van der Waals surface area (Å²) in [6, 6.07) is 0.274. The second kappa shape index (κ2) is 6.27. The van der Waals surface area contributed by atoms with Crippen LogP contribution in [0, 0.1) is 0 Å². The fourth-order valence-corrected chi connectivity index (χ4v) is 1.46. The van der Waals surface area contributed by atoms with Crippen molar-refractivity contribution in [3.8, 4) is 5.88 Å². The van der Waals surface area contributed by atoms with Crippen LogP contribution in [0.15, 0.2) is 0 Å². The van der Waals surface area contributed by atoms with Crippen molar-refractivity contribution < 1.29 is 4.74 Å². The Kier molecular flexibility index (Phi) is 5.00. The number of nitrogens with two attached hydrogens (primary N) is 1. The average Bonchev–Trinajstić information content (AvgIpc) is 2.24. The van der Waals surface area contributed by atoms with Crippen LogP contribution in [0.25, 0.3) is 0 Å². The van der Waals surface area contributed by atoms with Crippen molar-refractivity contribution >= 4 is 11.5 Å². The number of rotatable bonds is 6. The van der Waals surface area contributed by atoms with Crippen molar-refractivity contribution in [2.75, 3.05) is 17.7 Å². The predicted octanol–water partition coefficient (Wildman–Crippen LogP) is 2.23. The van der Waals surface area contributed by atoms with Crippen molar-refractivity contribution in [1.29, 1.82) is 0 Å². The molecule has 96 valence electrons. The number of ether oxygens (including phenoxy) is 1. The van der Waals surface area contributed by atoms with E-state index in [0.29, 0.717) is 24.0 Å². The van der Waals surface area contributed by atoms with E-state index in [2.05, 4.69) is 22.2 Å². The van der Waals surface area contributed by atoms with E-state index in [4.69, 9.17) is 10.5 Å². The van der Waals surface area contributed by atoms with Gasteiger partial charge in [-0.15, -0.1) is 0 Å². The molecule has 0 aromatic carbocycles. The molecule has 0 amide bonds. The van der Waals surface area contributed by atoms with Gasteiger partial charge >= 0.3 is 0 Å². The summed E-state index contributed by atoms with van der Waals surface area (Å²) in [7, 11) is 0. The van der Waals surface area contributed by atoms with Gasteiger partial charge in [-0.2, -0.15) is 4.98 Å². The van der Waals surface area contributed by atoms with Gasteiger partial charge in [0.1, 0.15) is 11.5 Å². The molecule has 3 N–H and O–H groups in total. The van der Waals surface area contributed by atoms with Crippen molar-refractivity contribution in [2.45, 2.75) is 46.6 Å². The largest absolute Gasteiger partial charge is 0.476 e. The zero-order valence-corrected chi connectivity index (χ0v) is 11.1. The van der Waals surface area contributed by atoms with Gasteiger partial charge in [0.2, 0.25) is 5.88 Å². The third-order valence-corrected chi connectivity index (χ3v) is 2.14. The monoisotopic (exact) mass is 238 g/mol. The zero-order valence-electron chi connectivity index (χ0n) is 11.1. The highest BCUT2D eigenvalue weighted by Crippen LogP contribution is 2.26. The van der Waals surface area contributed by atoms with Gasteiger partial charge in [0.05, 0.1) is 6.61 Å². The zero-order chi connectivity index (χ0) is 12.8. The van der Waals surface area contributed by atoms with E-state index in [1.807, 2.05) is 20.8 Å². The summed E-state index contributed by atoms with van der Waals surface area (Å²) < 4.78 is 5.43. The molecule has 0 aliphatic carbocycles. The maximum absolute atomic E-state index is 5.97. The van der Waals surface area contributed by atoms with Crippen LogP contribution in [0.5, 0.6) is 5.88 Å². The lowest BCUT2D eigenvalue weighted by Crippen LogP contribution is -2.15. The summed E-state index contributed by atoms with van der Waals surface area (Å²) in [6.07, 6.45) is 1.82. The first-order chi connectivity index (χ1) is 8.08. The van der Waals surface area contributed by atoms with E-state index in [9.17, 15) is 0 Å². The molecule has 1 rings (SSSR count). The Bertz CT molecular complexity index is 366. The predicted molar refractivity (Wildman–Crippen MR) is 70.4 cm³/mol. The standard InChI is InChI=1S/C12H22N4O/c1-5-7-9-15-11(14-8(3)4)10(13)12(16-9)17-6-2/h8H,5-7,13H2,1-4H3,(H,14,15,16). The smallest absolute Gasteiger partial charge is 0.242 e. The second-order valence-corrected chi connectivity index (χ2v) is 4.19. The summed E-state index contributed by atoms with van der Waals surface area (Å²) in [6.45, 7) is 8.64. The second-order valence-electron chi connectivity index (χ2n) is 4.19. The van der Waals surface area contributed by atoms with Crippen LogP contribution in [-0.2, 0) is 6.42 Å². The van der Waals surface area contributed by atoms with Gasteiger partial charge in [-0.1, -0.05) is 6.92 Å². The van der Waals surface area contributed by atoms with Crippen molar-refractivity contribution in [3.63, 3.8) is 0 Å². The van der Waals surface area contributed by atoms with Crippen molar-refractivity contribution in [3.05, 3.63) is 5.82 Å². The summed E-state index contributed by atoms with van der Waals surface area (Å²) in [5.74, 6) is 1.92. The van der Waals surface area contributed by atoms with Crippen LogP contribution in [-0.4, -0.2) is 22.6 Å². The third kappa shape index (κ3) is 3.76. The Morgan fingerprint density at radius 3 is 2.53 bits per heavy atom. The number of hydrogen-bond acceptors (Lipinski definition) is 5. The lowest BCUT2D eigenvalue weighted by atomic mass is 10.3. The van der Waals surface area contributed by atoms with Crippen LogP contribution < -0.4 is 15.8 Å². The summed E-state index contributed by atoms with van der Waals surface area (Å²) in [5.41, 5.74) is 6.46. The van der Waals surface area contributed by atoms with E-state index in [-0.39, 0.29) is 6.04 Å². The molecule has 1 aromatic heterocycles. The molecule has 0 fully saturated rings. The van der Waals surface area contributed by atoms with Gasteiger partial charge < -0.3 is 15.8 Å². The number of anilines is 2. The molecule has 0 atom stereocenters. The number of nitrogens with zero attached hydrogens (tertiary/aromatic N) is 2. The molecule has 0 spiro atoms. The minimum atomic E-state index is 0.274. The Labute approximate surface area is 103 Å². The molecule has 1 aromatic rings. The molecule has 1 heterocycles. The molecule has 5 nitrogen and oxygen atoms in total. The highest BCUT2D eigenvalue weighted by atomic mass is 16.5. The normalized spacial score (nSPS) is 10.6.